The van der Waals surface area contributed by atoms with Crippen molar-refractivity contribution in [2.24, 2.45) is 17.0 Å². The molecule has 0 radical (unpaired) electrons. The van der Waals surface area contributed by atoms with Crippen molar-refractivity contribution in [3.05, 3.63) is 24.3 Å². The van der Waals surface area contributed by atoms with Gasteiger partial charge in [-0.1, -0.05) is 6.07 Å². The molecule has 2 saturated heterocycles. The fraction of sp³-hybridized carbons (Fsp3) is 0.556. The molecule has 0 aromatic heterocycles. The lowest BCUT2D eigenvalue weighted by molar-refractivity contribution is -0.137. The number of piperidine rings is 1. The number of carbonyl (C=O) groups excluding carboxylic acids is 2. The maximum atomic E-state index is 12.8. The van der Waals surface area contributed by atoms with Gasteiger partial charge < -0.3 is 15.1 Å². The van der Waals surface area contributed by atoms with Gasteiger partial charge in [-0.05, 0) is 50.6 Å². The van der Waals surface area contributed by atoms with E-state index in [9.17, 15) is 18.0 Å². The zero-order chi connectivity index (χ0) is 19.6. The number of benzene rings is 1. The van der Waals surface area contributed by atoms with Gasteiger partial charge in [-0.3, -0.25) is 9.59 Å². The first-order chi connectivity index (χ1) is 12.8. The minimum Gasteiger partial charge on any atom is -0.342 e. The van der Waals surface area contributed by atoms with Gasteiger partial charge >= 0.3 is 0 Å². The highest BCUT2D eigenvalue weighted by atomic mass is 32.2. The van der Waals surface area contributed by atoms with Crippen LogP contribution in [0.5, 0.6) is 0 Å². The van der Waals surface area contributed by atoms with Gasteiger partial charge in [-0.2, -0.15) is 0 Å². The highest BCUT2D eigenvalue weighted by Gasteiger charge is 2.38. The van der Waals surface area contributed by atoms with Crippen molar-refractivity contribution in [1.82, 2.24) is 10.2 Å². The Morgan fingerprint density at radius 3 is 2.63 bits per heavy atom. The summed E-state index contributed by atoms with van der Waals surface area (Å²) in [7, 11) is -1.92. The van der Waals surface area contributed by atoms with Crippen molar-refractivity contribution in [2.45, 2.75) is 24.2 Å². The van der Waals surface area contributed by atoms with Gasteiger partial charge in [0.15, 0.2) is 0 Å². The lowest BCUT2D eigenvalue weighted by Crippen LogP contribution is -2.43. The number of nitrogens with two attached hydrogens (primary N) is 1. The molecule has 8 nitrogen and oxygen atoms in total. The smallest absolute Gasteiger partial charge is 0.238 e. The Bertz CT molecular complexity index is 818. The van der Waals surface area contributed by atoms with E-state index in [0.717, 1.165) is 32.5 Å². The summed E-state index contributed by atoms with van der Waals surface area (Å²) in [5.74, 6) is 0.0274. The molecule has 0 spiro atoms. The number of likely N-dealkylation sites (tertiary alicyclic amines) is 1. The molecule has 2 amide bonds. The standard InChI is InChI=1S/C18H26N4O4S/c1-20-11-13-5-7-21(8-6-13)18(24)14-9-17(23)22(12-14)15-3-2-4-16(10-15)27(19,25)26/h2-4,10,13-14,20H,5-9,11-12H2,1H3,(H2,19,25,26). The van der Waals surface area contributed by atoms with Crippen LogP contribution < -0.4 is 15.4 Å². The van der Waals surface area contributed by atoms with Crippen LogP contribution in [0.4, 0.5) is 5.69 Å². The topological polar surface area (TPSA) is 113 Å². The Hall–Kier alpha value is -1.97. The predicted molar refractivity (Wildman–Crippen MR) is 102 cm³/mol. The molecule has 1 aromatic rings. The number of carbonyl (C=O) groups is 2. The summed E-state index contributed by atoms with van der Waals surface area (Å²) in [6.07, 6.45) is 2.08. The molecule has 2 aliphatic heterocycles. The van der Waals surface area contributed by atoms with Gasteiger partial charge in [-0.15, -0.1) is 0 Å². The van der Waals surface area contributed by atoms with E-state index in [1.54, 1.807) is 12.1 Å². The number of primary sulfonamides is 1. The Labute approximate surface area is 159 Å². The van der Waals surface area contributed by atoms with E-state index in [2.05, 4.69) is 5.32 Å². The van der Waals surface area contributed by atoms with E-state index in [4.69, 9.17) is 5.14 Å². The minimum absolute atomic E-state index is 0.0105. The zero-order valence-corrected chi connectivity index (χ0v) is 16.2. The van der Waals surface area contributed by atoms with Gasteiger partial charge in [0, 0.05) is 31.7 Å². The van der Waals surface area contributed by atoms with Crippen LogP contribution >= 0.6 is 0 Å². The van der Waals surface area contributed by atoms with Crippen LogP contribution in [0.25, 0.3) is 0 Å². The number of hydrogen-bond acceptors (Lipinski definition) is 5. The van der Waals surface area contributed by atoms with Gasteiger partial charge in [-0.25, -0.2) is 13.6 Å². The van der Waals surface area contributed by atoms with E-state index in [1.165, 1.54) is 17.0 Å². The number of sulfonamides is 1. The molecule has 1 aromatic carbocycles. The molecule has 27 heavy (non-hydrogen) atoms. The maximum absolute atomic E-state index is 12.8. The molecule has 1 atom stereocenters. The van der Waals surface area contributed by atoms with E-state index in [1.807, 2.05) is 11.9 Å². The van der Waals surface area contributed by atoms with Gasteiger partial charge in [0.25, 0.3) is 0 Å². The molecule has 9 heteroatoms. The molecular formula is C18H26N4O4S. The van der Waals surface area contributed by atoms with Crippen LogP contribution in [0.2, 0.25) is 0 Å². The Kier molecular flexibility index (Phi) is 5.83. The van der Waals surface area contributed by atoms with Crippen LogP contribution in [0, 0.1) is 11.8 Å². The lowest BCUT2D eigenvalue weighted by atomic mass is 9.95. The summed E-state index contributed by atoms with van der Waals surface area (Å²) in [6, 6.07) is 5.97. The molecule has 0 aliphatic carbocycles. The third-order valence-corrected chi connectivity index (χ3v) is 6.26. The second-order valence-corrected chi connectivity index (χ2v) is 8.84. The summed E-state index contributed by atoms with van der Waals surface area (Å²) < 4.78 is 23.1. The monoisotopic (exact) mass is 394 g/mol. The van der Waals surface area contributed by atoms with Crippen molar-refractivity contribution in [3.63, 3.8) is 0 Å². The second-order valence-electron chi connectivity index (χ2n) is 7.27. The summed E-state index contributed by atoms with van der Waals surface area (Å²) in [6.45, 7) is 2.66. The summed E-state index contributed by atoms with van der Waals surface area (Å²) >= 11 is 0. The van der Waals surface area contributed by atoms with E-state index >= 15 is 0 Å². The average Bonchev–Trinajstić information content (AvgIpc) is 3.03. The number of hydrogen-bond donors (Lipinski definition) is 2. The van der Waals surface area contributed by atoms with Crippen LogP contribution in [-0.4, -0.2) is 58.4 Å². The quantitative estimate of drug-likeness (QED) is 0.738. The Morgan fingerprint density at radius 2 is 2.00 bits per heavy atom. The van der Waals surface area contributed by atoms with Gasteiger partial charge in [0.1, 0.15) is 0 Å². The van der Waals surface area contributed by atoms with Crippen molar-refractivity contribution >= 4 is 27.5 Å². The van der Waals surface area contributed by atoms with Crippen LogP contribution in [-0.2, 0) is 19.6 Å². The Morgan fingerprint density at radius 1 is 1.30 bits per heavy atom. The van der Waals surface area contributed by atoms with Gasteiger partial charge in [0.2, 0.25) is 21.8 Å². The molecule has 148 valence electrons. The average molecular weight is 394 g/mol. The number of anilines is 1. The maximum Gasteiger partial charge on any atom is 0.238 e. The first kappa shape index (κ1) is 19.8. The normalized spacial score (nSPS) is 21.7. The molecule has 2 fully saturated rings. The Balaban J connectivity index is 1.66. The minimum atomic E-state index is -3.85. The van der Waals surface area contributed by atoms with Crippen molar-refractivity contribution in [1.29, 1.82) is 0 Å². The SMILES string of the molecule is CNCC1CCN(C(=O)C2CC(=O)N(c3cccc(S(N)(=O)=O)c3)C2)CC1. The molecular weight excluding hydrogens is 368 g/mol. The highest BCUT2D eigenvalue weighted by molar-refractivity contribution is 7.89. The molecule has 1 unspecified atom stereocenters. The number of nitrogens with one attached hydrogen (secondary N) is 1. The zero-order valence-electron chi connectivity index (χ0n) is 15.4. The molecule has 3 N–H and O–H groups in total. The van der Waals surface area contributed by atoms with E-state index in [0.29, 0.717) is 11.6 Å². The molecule has 2 aliphatic rings. The second kappa shape index (κ2) is 7.95. The molecule has 0 saturated carbocycles. The molecule has 2 heterocycles. The first-order valence-electron chi connectivity index (χ1n) is 9.16. The van der Waals surface area contributed by atoms with Crippen LogP contribution in [0.3, 0.4) is 0 Å². The van der Waals surface area contributed by atoms with Crippen molar-refractivity contribution < 1.29 is 18.0 Å². The summed E-state index contributed by atoms with van der Waals surface area (Å²) in [5, 5.41) is 8.34. The van der Waals surface area contributed by atoms with E-state index < -0.39 is 15.9 Å². The largest absolute Gasteiger partial charge is 0.342 e. The van der Waals surface area contributed by atoms with E-state index in [-0.39, 0.29) is 29.7 Å². The summed E-state index contributed by atoms with van der Waals surface area (Å²) in [5.41, 5.74) is 0.453. The highest BCUT2D eigenvalue weighted by Crippen LogP contribution is 2.29. The third kappa shape index (κ3) is 4.48. The van der Waals surface area contributed by atoms with Crippen molar-refractivity contribution in [3.8, 4) is 0 Å². The van der Waals surface area contributed by atoms with Crippen LogP contribution in [0.15, 0.2) is 29.2 Å². The first-order valence-corrected chi connectivity index (χ1v) is 10.7. The fourth-order valence-electron chi connectivity index (χ4n) is 3.86. The number of nitrogens with zero attached hydrogens (tertiary/aromatic N) is 2. The summed E-state index contributed by atoms with van der Waals surface area (Å²) in [4.78, 5) is 28.6. The fourth-order valence-corrected chi connectivity index (χ4v) is 4.41. The lowest BCUT2D eigenvalue weighted by Gasteiger charge is -2.33. The number of amides is 2. The van der Waals surface area contributed by atoms with Crippen LogP contribution in [0.1, 0.15) is 19.3 Å². The molecule has 0 bridgehead atoms. The molecule has 3 rings (SSSR count). The number of rotatable bonds is 5. The van der Waals surface area contributed by atoms with Crippen molar-refractivity contribution in [2.75, 3.05) is 38.1 Å². The van der Waals surface area contributed by atoms with Gasteiger partial charge in [0.05, 0.1) is 10.8 Å². The third-order valence-electron chi connectivity index (χ3n) is 5.35. The predicted octanol–water partition coefficient (Wildman–Crippen LogP) is 0.145.